The number of ether oxygens (including phenoxy) is 2. The summed E-state index contributed by atoms with van der Waals surface area (Å²) in [6, 6.07) is 8.43. The van der Waals surface area contributed by atoms with Gasteiger partial charge in [0.2, 0.25) is 0 Å². The van der Waals surface area contributed by atoms with Gasteiger partial charge in [-0.15, -0.1) is 0 Å². The molecule has 0 radical (unpaired) electrons. The monoisotopic (exact) mass is 1100 g/mol. The Bertz CT molecular complexity index is 2560. The lowest BCUT2D eigenvalue weighted by atomic mass is 9.96. The van der Waals surface area contributed by atoms with Crippen molar-refractivity contribution in [3.05, 3.63) is 155 Å². The largest absolute Gasteiger partial charge is 0.520 e. The molecule has 2 aromatic carbocycles. The number of methoxy groups -OCH3 is 1. The molecule has 0 N–H and O–H groups in total. The van der Waals surface area contributed by atoms with E-state index in [0.29, 0.717) is 18.5 Å². The Hall–Kier alpha value is -5.43. The van der Waals surface area contributed by atoms with Crippen LogP contribution >= 0.6 is 0 Å². The molecule has 3 rings (SSSR count). The minimum atomic E-state index is -3.14. The number of nitro groups is 2. The third-order valence-corrected chi connectivity index (χ3v) is 20.3. The molecule has 0 spiro atoms. The number of allylic oxidation sites excluding steroid dienone is 15. The fourth-order valence-corrected chi connectivity index (χ4v) is 14.9. The van der Waals surface area contributed by atoms with Gasteiger partial charge in [-0.25, -0.2) is 4.79 Å². The minimum absolute atomic E-state index is 0.0229. The smallest absolute Gasteiger partial charge is 0.410 e. The molecule has 1 heterocycles. The summed E-state index contributed by atoms with van der Waals surface area (Å²) in [7, 11) is -2.04. The summed E-state index contributed by atoms with van der Waals surface area (Å²) >= 11 is 0. The van der Waals surface area contributed by atoms with Crippen molar-refractivity contribution in [2.24, 2.45) is 0 Å². The Balaban J connectivity index is 1.43. The topological polar surface area (TPSA) is 144 Å². The molecule has 0 bridgehead atoms. The third-order valence-electron chi connectivity index (χ3n) is 15.2. The molecule has 11 nitrogen and oxygen atoms in total. The van der Waals surface area contributed by atoms with Gasteiger partial charge >= 0.3 is 14.5 Å². The van der Waals surface area contributed by atoms with Crippen LogP contribution in [0.25, 0.3) is 11.1 Å². The number of nitro benzene ring substituents is 2. The maximum absolute atomic E-state index is 12.2. The first-order chi connectivity index (χ1) is 37.0. The Kier molecular flexibility index (Phi) is 27.6. The van der Waals surface area contributed by atoms with E-state index in [-0.39, 0.29) is 32.4 Å². The molecular formula is C67H100N2O9Si. The normalized spacial score (nSPS) is 17.2. The van der Waals surface area contributed by atoms with Gasteiger partial charge < -0.3 is 18.3 Å². The molecule has 0 saturated carbocycles. The molecule has 2 aromatic rings. The lowest BCUT2D eigenvalue weighted by Gasteiger charge is -2.48. The first-order valence-electron chi connectivity index (χ1n) is 28.9. The van der Waals surface area contributed by atoms with Gasteiger partial charge in [-0.3, -0.25) is 20.2 Å². The summed E-state index contributed by atoms with van der Waals surface area (Å²) in [4.78, 5) is 35.0. The second-order valence-corrected chi connectivity index (χ2v) is 29.5. The fourth-order valence-electron chi connectivity index (χ4n) is 10.4. The molecule has 0 amide bonds. The molecule has 1 aliphatic rings. The number of esters is 1. The van der Waals surface area contributed by atoms with E-state index in [1.165, 1.54) is 51.0 Å². The zero-order valence-corrected chi connectivity index (χ0v) is 52.7. The Morgan fingerprint density at radius 3 is 1.35 bits per heavy atom. The van der Waals surface area contributed by atoms with Gasteiger partial charge in [0.15, 0.2) is 0 Å². The minimum Gasteiger partial charge on any atom is -0.520 e. The zero-order chi connectivity index (χ0) is 59.1. The van der Waals surface area contributed by atoms with Crippen molar-refractivity contribution in [1.29, 1.82) is 0 Å². The van der Waals surface area contributed by atoms with E-state index in [0.717, 1.165) is 116 Å². The average Bonchev–Trinajstić information content (AvgIpc) is 4.03. The standard InChI is InChI=1S/C67H100N2O9Si/c1-49(2)25-18-26-50(3)27-19-28-51(4)31-21-34-54(7)37-24-45-67(16)62(77-67)43-38-55(8)35-22-32-52(5)29-20-30-53(6)33-23-36-56(9)44-46-76-79(65(10,11)12,66(13,14)15)78-59-41-39-57(40-42-59)63-60(68(71)72)47-58(64(70)75-17)48-61(63)69(73)74/h25,27,29,31,33,35,37,39-42,44,47-48,62H,18-24,26,28,30,32,34,36,38,43,45-46H2,1-17H3/b50-27+,51-31+,52-29+,53-33+,54-37+,55-35+,56-44+. The summed E-state index contributed by atoms with van der Waals surface area (Å²) in [6.45, 7) is 35.4. The number of carbonyl (C=O) groups excluding carboxylic acids is 1. The predicted molar refractivity (Wildman–Crippen MR) is 331 cm³/mol. The molecule has 12 heteroatoms. The first kappa shape index (κ1) is 67.8. The second kappa shape index (κ2) is 32.1. The van der Waals surface area contributed by atoms with Gasteiger partial charge in [0, 0.05) is 22.2 Å². The van der Waals surface area contributed by atoms with E-state index in [9.17, 15) is 25.0 Å². The fraction of sp³-hybridized carbons (Fsp3) is 0.567. The lowest BCUT2D eigenvalue weighted by molar-refractivity contribution is -0.392. The molecule has 2 unspecified atom stereocenters. The number of rotatable bonds is 33. The number of carbonyl (C=O) groups is 1. The van der Waals surface area contributed by atoms with Crippen LogP contribution in [0.5, 0.6) is 5.75 Å². The quantitative estimate of drug-likeness (QED) is 0.0170. The van der Waals surface area contributed by atoms with Gasteiger partial charge in [0.1, 0.15) is 11.3 Å². The second-order valence-electron chi connectivity index (χ2n) is 24.8. The third kappa shape index (κ3) is 22.9. The number of hydrogen-bond acceptors (Lipinski definition) is 9. The molecule has 0 aliphatic carbocycles. The summed E-state index contributed by atoms with van der Waals surface area (Å²) in [6.07, 6.45) is 36.6. The Morgan fingerprint density at radius 1 is 0.595 bits per heavy atom. The van der Waals surface area contributed by atoms with E-state index >= 15 is 0 Å². The van der Waals surface area contributed by atoms with Crippen LogP contribution in [0.4, 0.5) is 11.4 Å². The molecule has 1 fully saturated rings. The van der Waals surface area contributed by atoms with Gasteiger partial charge in [-0.05, 0) is 190 Å². The molecule has 436 valence electrons. The van der Waals surface area contributed by atoms with E-state index in [4.69, 9.17) is 13.6 Å². The molecule has 1 aliphatic heterocycles. The van der Waals surface area contributed by atoms with Crippen LogP contribution in [-0.4, -0.2) is 49.8 Å². The Labute approximate surface area is 478 Å². The van der Waals surface area contributed by atoms with Crippen molar-refractivity contribution < 1.29 is 33.0 Å². The van der Waals surface area contributed by atoms with Crippen molar-refractivity contribution in [1.82, 2.24) is 0 Å². The van der Waals surface area contributed by atoms with Crippen LogP contribution in [0.3, 0.4) is 0 Å². The van der Waals surface area contributed by atoms with Gasteiger partial charge in [0.25, 0.3) is 11.4 Å². The maximum atomic E-state index is 12.2. The molecular weight excluding hydrogens is 1000 g/mol. The average molecular weight is 1110 g/mol. The number of epoxide rings is 1. The van der Waals surface area contributed by atoms with Gasteiger partial charge in [-0.2, -0.15) is 0 Å². The summed E-state index contributed by atoms with van der Waals surface area (Å²) in [5.41, 5.74) is 10.0. The van der Waals surface area contributed by atoms with Crippen LogP contribution in [0.15, 0.2) is 130 Å². The van der Waals surface area contributed by atoms with Gasteiger partial charge in [0.05, 0.1) is 40.8 Å². The lowest BCUT2D eigenvalue weighted by Crippen LogP contribution is -2.60. The molecule has 0 aromatic heterocycles. The maximum Gasteiger partial charge on any atom is 0.410 e. The summed E-state index contributed by atoms with van der Waals surface area (Å²) in [5, 5.41) is 23.5. The van der Waals surface area contributed by atoms with Gasteiger partial charge in [-0.1, -0.05) is 147 Å². The van der Waals surface area contributed by atoms with Crippen LogP contribution in [0.2, 0.25) is 10.1 Å². The number of nitrogens with zero attached hydrogens (tertiary/aromatic N) is 2. The zero-order valence-electron chi connectivity index (χ0n) is 51.7. The highest BCUT2D eigenvalue weighted by Gasteiger charge is 2.60. The van der Waals surface area contributed by atoms with Crippen molar-refractivity contribution in [2.75, 3.05) is 13.7 Å². The Morgan fingerprint density at radius 2 is 0.975 bits per heavy atom. The van der Waals surface area contributed by atoms with E-state index < -0.39 is 35.8 Å². The SMILES string of the molecule is COC(=O)c1cc([N+](=O)[O-])c(-c2ccc(O[Si](OC/C=C(\C)CC/C=C(\C)CC/C=C(\C)CC/C=C(\C)CCC3OC3(C)CC/C=C(\C)CC/C=C(\C)CC/C=C(\C)CCC=C(C)C)(C(C)(C)C)C(C)(C)C)cc2)c([N+](=O)[O-])c1. The number of hydrogen-bond donors (Lipinski definition) is 0. The van der Waals surface area contributed by atoms with E-state index in [1.54, 1.807) is 24.3 Å². The molecule has 2 atom stereocenters. The highest BCUT2D eigenvalue weighted by molar-refractivity contribution is 6.74. The summed E-state index contributed by atoms with van der Waals surface area (Å²) in [5.74, 6) is -0.429. The number of benzene rings is 2. The van der Waals surface area contributed by atoms with E-state index in [2.05, 4.69) is 164 Å². The summed E-state index contributed by atoms with van der Waals surface area (Å²) < 4.78 is 24.8. The molecule has 1 saturated heterocycles. The van der Waals surface area contributed by atoms with E-state index in [1.807, 2.05) is 0 Å². The van der Waals surface area contributed by atoms with Crippen molar-refractivity contribution in [3.63, 3.8) is 0 Å². The highest BCUT2D eigenvalue weighted by Crippen LogP contribution is 2.53. The highest BCUT2D eigenvalue weighted by atomic mass is 28.4. The van der Waals surface area contributed by atoms with Crippen LogP contribution in [-0.2, 0) is 13.9 Å². The van der Waals surface area contributed by atoms with Crippen LogP contribution in [0, 0.1) is 20.2 Å². The van der Waals surface area contributed by atoms with Crippen molar-refractivity contribution >= 4 is 25.9 Å². The predicted octanol–water partition coefficient (Wildman–Crippen LogP) is 20.4. The van der Waals surface area contributed by atoms with Crippen molar-refractivity contribution in [3.8, 4) is 16.9 Å². The van der Waals surface area contributed by atoms with Crippen LogP contribution < -0.4 is 4.43 Å². The van der Waals surface area contributed by atoms with Crippen molar-refractivity contribution in [2.45, 2.75) is 235 Å². The first-order valence-corrected chi connectivity index (χ1v) is 30.7. The van der Waals surface area contributed by atoms with Crippen LogP contribution in [0.1, 0.15) is 224 Å². The molecule has 79 heavy (non-hydrogen) atoms.